The average molecular weight is 354 g/mol. The zero-order valence-corrected chi connectivity index (χ0v) is 15.3. The molecule has 1 amide bonds. The van der Waals surface area contributed by atoms with Gasteiger partial charge in [-0.25, -0.2) is 4.63 Å². The van der Waals surface area contributed by atoms with Crippen molar-refractivity contribution in [3.05, 3.63) is 46.5 Å². The number of amides is 1. The van der Waals surface area contributed by atoms with E-state index in [1.807, 2.05) is 43.9 Å². The predicted octanol–water partition coefficient (Wildman–Crippen LogP) is 2.70. The Morgan fingerprint density at radius 1 is 1.12 bits per heavy atom. The molecule has 0 spiro atoms. The van der Waals surface area contributed by atoms with E-state index < -0.39 is 0 Å². The first kappa shape index (κ1) is 16.8. The number of carbonyl (C=O) groups is 1. The minimum Gasteiger partial charge on any atom is -0.451 e. The van der Waals surface area contributed by atoms with Crippen LogP contribution in [0.25, 0.3) is 11.0 Å². The third-order valence-electron chi connectivity index (χ3n) is 5.07. The number of aryl methyl sites for hydroxylation is 3. The van der Waals surface area contributed by atoms with E-state index in [0.717, 1.165) is 46.6 Å². The van der Waals surface area contributed by atoms with Crippen LogP contribution in [-0.4, -0.2) is 52.2 Å². The van der Waals surface area contributed by atoms with Crippen LogP contribution in [-0.2, 0) is 6.54 Å². The van der Waals surface area contributed by atoms with E-state index in [1.165, 1.54) is 0 Å². The molecule has 26 heavy (non-hydrogen) atoms. The number of fused-ring (bicyclic) bond motifs is 1. The lowest BCUT2D eigenvalue weighted by Crippen LogP contribution is -2.48. The van der Waals surface area contributed by atoms with Gasteiger partial charge in [-0.05, 0) is 32.4 Å². The van der Waals surface area contributed by atoms with Crippen molar-refractivity contribution in [2.45, 2.75) is 27.3 Å². The molecule has 7 heteroatoms. The smallest absolute Gasteiger partial charge is 0.289 e. The first-order chi connectivity index (χ1) is 12.5. The number of rotatable bonds is 3. The van der Waals surface area contributed by atoms with Crippen molar-refractivity contribution >= 4 is 16.9 Å². The lowest BCUT2D eigenvalue weighted by Gasteiger charge is -2.33. The Morgan fingerprint density at radius 3 is 2.58 bits per heavy atom. The van der Waals surface area contributed by atoms with Crippen LogP contribution in [0.5, 0.6) is 0 Å². The second-order valence-corrected chi connectivity index (χ2v) is 6.92. The lowest BCUT2D eigenvalue weighted by atomic mass is 10.1. The fourth-order valence-electron chi connectivity index (χ4n) is 3.39. The molecule has 3 aromatic rings. The molecule has 2 aromatic heterocycles. The van der Waals surface area contributed by atoms with Crippen molar-refractivity contribution < 1.29 is 13.8 Å². The third kappa shape index (κ3) is 2.99. The van der Waals surface area contributed by atoms with Gasteiger partial charge in [-0.3, -0.25) is 9.69 Å². The molecule has 0 bridgehead atoms. The maximum Gasteiger partial charge on any atom is 0.289 e. The van der Waals surface area contributed by atoms with Gasteiger partial charge in [0.25, 0.3) is 5.91 Å². The monoisotopic (exact) mass is 354 g/mol. The summed E-state index contributed by atoms with van der Waals surface area (Å²) in [7, 11) is 0. The zero-order valence-electron chi connectivity index (χ0n) is 15.3. The summed E-state index contributed by atoms with van der Waals surface area (Å²) >= 11 is 0. The van der Waals surface area contributed by atoms with Crippen molar-refractivity contribution in [2.75, 3.05) is 26.2 Å². The summed E-state index contributed by atoms with van der Waals surface area (Å²) in [4.78, 5) is 17.0. The van der Waals surface area contributed by atoms with Crippen LogP contribution in [0.1, 0.15) is 33.1 Å². The number of hydrogen-bond acceptors (Lipinski definition) is 6. The molecule has 1 fully saturated rings. The van der Waals surface area contributed by atoms with Gasteiger partial charge in [-0.2, -0.15) is 0 Å². The van der Waals surface area contributed by atoms with Gasteiger partial charge in [0, 0.05) is 43.7 Å². The van der Waals surface area contributed by atoms with Crippen LogP contribution < -0.4 is 0 Å². The number of benzene rings is 1. The summed E-state index contributed by atoms with van der Waals surface area (Å²) in [5.41, 5.74) is 4.48. The average Bonchev–Trinajstić information content (AvgIpc) is 3.18. The van der Waals surface area contributed by atoms with Crippen molar-refractivity contribution in [3.63, 3.8) is 0 Å². The molecule has 1 aliphatic heterocycles. The van der Waals surface area contributed by atoms with Gasteiger partial charge in [-0.15, -0.1) is 0 Å². The number of furan rings is 1. The van der Waals surface area contributed by atoms with Crippen LogP contribution in [0, 0.1) is 20.8 Å². The van der Waals surface area contributed by atoms with Crippen LogP contribution in [0.15, 0.2) is 27.2 Å². The van der Waals surface area contributed by atoms with Gasteiger partial charge in [0.1, 0.15) is 17.0 Å². The van der Waals surface area contributed by atoms with Gasteiger partial charge in [0.15, 0.2) is 5.76 Å². The topological polar surface area (TPSA) is 75.6 Å². The van der Waals surface area contributed by atoms with Gasteiger partial charge in [0.05, 0.1) is 0 Å². The molecular weight excluding hydrogens is 332 g/mol. The van der Waals surface area contributed by atoms with Gasteiger partial charge in [-0.1, -0.05) is 22.4 Å². The Kier molecular flexibility index (Phi) is 4.24. The molecule has 0 unspecified atom stereocenters. The molecule has 0 aliphatic carbocycles. The quantitative estimate of drug-likeness (QED) is 0.720. The van der Waals surface area contributed by atoms with E-state index in [2.05, 4.69) is 15.2 Å². The molecule has 1 aliphatic rings. The van der Waals surface area contributed by atoms with Crippen LogP contribution in [0.3, 0.4) is 0 Å². The number of hydrogen-bond donors (Lipinski definition) is 0. The highest BCUT2D eigenvalue weighted by atomic mass is 16.6. The van der Waals surface area contributed by atoms with E-state index in [-0.39, 0.29) is 5.91 Å². The number of nitrogens with zero attached hydrogens (tertiary/aromatic N) is 4. The molecule has 0 atom stereocenters. The Bertz CT molecular complexity index is 951. The van der Waals surface area contributed by atoms with E-state index in [9.17, 15) is 4.79 Å². The van der Waals surface area contributed by atoms with Gasteiger partial charge in [0.2, 0.25) is 0 Å². The molecule has 0 saturated carbocycles. The maximum absolute atomic E-state index is 12.9. The first-order valence-electron chi connectivity index (χ1n) is 8.82. The summed E-state index contributed by atoms with van der Waals surface area (Å²) in [6.45, 7) is 9.46. The number of piperazine rings is 1. The first-order valence-corrected chi connectivity index (χ1v) is 8.82. The molecule has 1 saturated heterocycles. The normalized spacial score (nSPS) is 15.7. The molecule has 3 heterocycles. The number of carbonyl (C=O) groups excluding carboxylic acids is 1. The summed E-state index contributed by atoms with van der Waals surface area (Å²) in [6.07, 6.45) is 0. The fraction of sp³-hybridized carbons (Fsp3) is 0.421. The highest BCUT2D eigenvalue weighted by molar-refractivity contribution is 5.99. The van der Waals surface area contributed by atoms with Crippen molar-refractivity contribution in [1.82, 2.24) is 20.1 Å². The summed E-state index contributed by atoms with van der Waals surface area (Å²) < 4.78 is 10.6. The minimum absolute atomic E-state index is 0.0321. The third-order valence-corrected chi connectivity index (χ3v) is 5.07. The SMILES string of the molecule is Cc1ccc2c(C)c(C(=O)N3CCN(Cc4nonc4C)CC3)oc2c1. The van der Waals surface area contributed by atoms with Crippen molar-refractivity contribution in [1.29, 1.82) is 0 Å². The molecule has 7 nitrogen and oxygen atoms in total. The molecule has 4 rings (SSSR count). The highest BCUT2D eigenvalue weighted by Crippen LogP contribution is 2.27. The molecule has 136 valence electrons. The Hall–Kier alpha value is -2.67. The zero-order chi connectivity index (χ0) is 18.3. The Balaban J connectivity index is 1.45. The fourth-order valence-corrected chi connectivity index (χ4v) is 3.39. The van der Waals surface area contributed by atoms with Crippen molar-refractivity contribution in [2.24, 2.45) is 0 Å². The largest absolute Gasteiger partial charge is 0.451 e. The lowest BCUT2D eigenvalue weighted by molar-refractivity contribution is 0.0596. The predicted molar refractivity (Wildman–Crippen MR) is 95.9 cm³/mol. The second-order valence-electron chi connectivity index (χ2n) is 6.92. The van der Waals surface area contributed by atoms with E-state index in [4.69, 9.17) is 9.05 Å². The highest BCUT2D eigenvalue weighted by Gasteiger charge is 2.27. The Labute approximate surface area is 151 Å². The van der Waals surface area contributed by atoms with Gasteiger partial charge >= 0.3 is 0 Å². The summed E-state index contributed by atoms with van der Waals surface area (Å²) in [5, 5.41) is 8.75. The standard InChI is InChI=1S/C19H22N4O3/c1-12-4-5-15-13(2)18(25-17(15)10-12)19(24)23-8-6-22(7-9-23)11-16-14(3)20-26-21-16/h4-5,10H,6-9,11H2,1-3H3. The minimum atomic E-state index is -0.0321. The van der Waals surface area contributed by atoms with Crippen LogP contribution in [0.2, 0.25) is 0 Å². The van der Waals surface area contributed by atoms with E-state index in [1.54, 1.807) is 0 Å². The van der Waals surface area contributed by atoms with Crippen molar-refractivity contribution in [3.8, 4) is 0 Å². The molecule has 1 aromatic carbocycles. The summed E-state index contributed by atoms with van der Waals surface area (Å²) in [5.74, 6) is 0.422. The summed E-state index contributed by atoms with van der Waals surface area (Å²) in [6, 6.07) is 6.04. The number of aromatic nitrogens is 2. The van der Waals surface area contributed by atoms with Crippen LogP contribution in [0.4, 0.5) is 0 Å². The van der Waals surface area contributed by atoms with Gasteiger partial charge < -0.3 is 9.32 Å². The van der Waals surface area contributed by atoms with Crippen LogP contribution >= 0.6 is 0 Å². The molecular formula is C19H22N4O3. The maximum atomic E-state index is 12.9. The second kappa shape index (κ2) is 6.57. The van der Waals surface area contributed by atoms with E-state index >= 15 is 0 Å². The van der Waals surface area contributed by atoms with E-state index in [0.29, 0.717) is 25.4 Å². The Morgan fingerprint density at radius 2 is 1.88 bits per heavy atom. The molecule has 0 N–H and O–H groups in total. The molecule has 0 radical (unpaired) electrons.